The Morgan fingerprint density at radius 2 is 1.92 bits per heavy atom. The van der Waals surface area contributed by atoms with Crippen molar-refractivity contribution in [3.63, 3.8) is 0 Å². The molecule has 1 aromatic carbocycles. The smallest absolute Gasteiger partial charge is 0.266 e. The van der Waals surface area contributed by atoms with Gasteiger partial charge in [-0.25, -0.2) is 18.5 Å². The molecule has 0 aliphatic heterocycles. The lowest BCUT2D eigenvalue weighted by Gasteiger charge is -2.25. The Hall–Kier alpha value is -1.77. The third-order valence-corrected chi connectivity index (χ3v) is 6.15. The van der Waals surface area contributed by atoms with Gasteiger partial charge in [-0.1, -0.05) is 19.1 Å². The van der Waals surface area contributed by atoms with Gasteiger partial charge >= 0.3 is 0 Å². The van der Waals surface area contributed by atoms with Crippen molar-refractivity contribution in [1.82, 2.24) is 9.88 Å². The van der Waals surface area contributed by atoms with E-state index in [-0.39, 0.29) is 16.8 Å². The van der Waals surface area contributed by atoms with Gasteiger partial charge in [0, 0.05) is 7.05 Å². The minimum absolute atomic E-state index is 0.0540. The Morgan fingerprint density at radius 3 is 2.38 bits per heavy atom. The predicted octanol–water partition coefficient (Wildman–Crippen LogP) is 2.49. The minimum Gasteiger partial charge on any atom is -0.334 e. The highest BCUT2D eigenvalue weighted by Gasteiger charge is 2.23. The number of thiazole rings is 1. The fraction of sp³-hybridized carbons (Fsp3) is 0.375. The van der Waals surface area contributed by atoms with Crippen LogP contribution in [0.25, 0.3) is 0 Å². The Bertz CT molecular complexity index is 842. The summed E-state index contributed by atoms with van der Waals surface area (Å²) in [5.41, 5.74) is 1.57. The lowest BCUT2D eigenvalue weighted by Crippen LogP contribution is -2.29. The van der Waals surface area contributed by atoms with Gasteiger partial charge in [-0.3, -0.25) is 4.79 Å². The first kappa shape index (κ1) is 18.6. The van der Waals surface area contributed by atoms with E-state index in [1.807, 2.05) is 20.8 Å². The molecule has 1 heterocycles. The van der Waals surface area contributed by atoms with Crippen molar-refractivity contribution < 1.29 is 13.2 Å². The molecule has 1 atom stereocenters. The molecule has 2 aromatic rings. The maximum atomic E-state index is 12.7. The molecular formula is C16H21N3O3S2. The van der Waals surface area contributed by atoms with Crippen LogP contribution < -0.4 is 5.14 Å². The van der Waals surface area contributed by atoms with Crippen molar-refractivity contribution in [2.75, 3.05) is 7.05 Å². The highest BCUT2D eigenvalue weighted by molar-refractivity contribution is 7.89. The minimum atomic E-state index is -3.72. The molecular weight excluding hydrogens is 346 g/mol. The van der Waals surface area contributed by atoms with Crippen molar-refractivity contribution in [2.45, 2.75) is 38.1 Å². The van der Waals surface area contributed by atoms with Gasteiger partial charge in [0.25, 0.3) is 5.91 Å². The van der Waals surface area contributed by atoms with Gasteiger partial charge in [0.15, 0.2) is 0 Å². The van der Waals surface area contributed by atoms with Gasteiger partial charge in [-0.15, -0.1) is 11.3 Å². The molecule has 8 heteroatoms. The van der Waals surface area contributed by atoms with Crippen LogP contribution in [0, 0.1) is 6.92 Å². The Kier molecular flexibility index (Phi) is 5.42. The summed E-state index contributed by atoms with van der Waals surface area (Å²) < 4.78 is 22.6. The number of rotatable bonds is 5. The molecule has 0 spiro atoms. The van der Waals surface area contributed by atoms with Crippen molar-refractivity contribution in [1.29, 1.82) is 0 Å². The number of sulfonamides is 1. The monoisotopic (exact) mass is 367 g/mol. The summed E-state index contributed by atoms with van der Waals surface area (Å²) in [7, 11) is -1.99. The fourth-order valence-corrected chi connectivity index (χ4v) is 3.80. The van der Waals surface area contributed by atoms with E-state index in [0.717, 1.165) is 22.7 Å². The average molecular weight is 367 g/mol. The number of primary sulfonamides is 1. The van der Waals surface area contributed by atoms with E-state index in [4.69, 9.17) is 5.14 Å². The molecule has 0 saturated heterocycles. The molecule has 0 aliphatic rings. The van der Waals surface area contributed by atoms with Crippen LogP contribution in [0.2, 0.25) is 0 Å². The van der Waals surface area contributed by atoms with Crippen LogP contribution in [0.3, 0.4) is 0 Å². The second-order valence-corrected chi connectivity index (χ2v) is 8.23. The van der Waals surface area contributed by atoms with Gasteiger partial charge in [-0.2, -0.15) is 0 Å². The molecule has 6 nitrogen and oxygen atoms in total. The van der Waals surface area contributed by atoms with E-state index in [2.05, 4.69) is 4.98 Å². The molecule has 0 radical (unpaired) electrons. The molecule has 24 heavy (non-hydrogen) atoms. The average Bonchev–Trinajstić information content (AvgIpc) is 2.93. The van der Waals surface area contributed by atoms with Crippen LogP contribution >= 0.6 is 11.3 Å². The summed E-state index contributed by atoms with van der Waals surface area (Å²) in [5, 5.41) is 6.04. The predicted molar refractivity (Wildman–Crippen MR) is 94.6 cm³/mol. The largest absolute Gasteiger partial charge is 0.334 e. The SMILES string of the molecule is CCc1nc(C)c(C(=O)N(C)[C@H](C)c2ccc(S(N)(=O)=O)cc2)s1. The number of nitrogens with two attached hydrogens (primary N) is 1. The first-order valence-electron chi connectivity index (χ1n) is 7.51. The van der Waals surface area contributed by atoms with Crippen LogP contribution in [0.15, 0.2) is 29.2 Å². The van der Waals surface area contributed by atoms with Crippen molar-refractivity contribution in [2.24, 2.45) is 5.14 Å². The maximum absolute atomic E-state index is 12.7. The number of hydrogen-bond donors (Lipinski definition) is 1. The summed E-state index contributed by atoms with van der Waals surface area (Å²) in [6.45, 7) is 5.73. The molecule has 0 aliphatic carbocycles. The van der Waals surface area contributed by atoms with Crippen LogP contribution in [0.5, 0.6) is 0 Å². The number of amides is 1. The van der Waals surface area contributed by atoms with Crippen molar-refractivity contribution >= 4 is 27.3 Å². The number of benzene rings is 1. The van der Waals surface area contributed by atoms with Crippen LogP contribution in [0.1, 0.15) is 45.8 Å². The normalized spacial score (nSPS) is 12.9. The number of carbonyl (C=O) groups is 1. The highest BCUT2D eigenvalue weighted by Crippen LogP contribution is 2.26. The maximum Gasteiger partial charge on any atom is 0.266 e. The number of nitrogens with zero attached hydrogens (tertiary/aromatic N) is 2. The first-order chi connectivity index (χ1) is 11.1. The first-order valence-corrected chi connectivity index (χ1v) is 9.87. The number of aromatic nitrogens is 1. The van der Waals surface area contributed by atoms with Crippen LogP contribution in [-0.2, 0) is 16.4 Å². The number of carbonyl (C=O) groups excluding carboxylic acids is 1. The molecule has 0 saturated carbocycles. The molecule has 1 aromatic heterocycles. The summed E-state index contributed by atoms with van der Waals surface area (Å²) >= 11 is 1.42. The molecule has 2 N–H and O–H groups in total. The highest BCUT2D eigenvalue weighted by atomic mass is 32.2. The zero-order valence-electron chi connectivity index (χ0n) is 14.1. The summed E-state index contributed by atoms with van der Waals surface area (Å²) in [5.74, 6) is -0.0901. The van der Waals surface area contributed by atoms with Crippen molar-refractivity contribution in [3.05, 3.63) is 45.4 Å². The van der Waals surface area contributed by atoms with E-state index < -0.39 is 10.0 Å². The quantitative estimate of drug-likeness (QED) is 0.878. The molecule has 1 amide bonds. The van der Waals surface area contributed by atoms with E-state index in [1.165, 1.54) is 23.5 Å². The Labute approximate surface area is 146 Å². The second-order valence-electron chi connectivity index (χ2n) is 5.58. The van der Waals surface area contributed by atoms with E-state index in [9.17, 15) is 13.2 Å². The van der Waals surface area contributed by atoms with Gasteiger partial charge < -0.3 is 4.90 Å². The third-order valence-electron chi connectivity index (χ3n) is 3.93. The molecule has 0 fully saturated rings. The summed E-state index contributed by atoms with van der Waals surface area (Å²) in [6.07, 6.45) is 0.799. The zero-order valence-corrected chi connectivity index (χ0v) is 15.7. The summed E-state index contributed by atoms with van der Waals surface area (Å²) in [4.78, 5) is 19.4. The van der Waals surface area contributed by atoms with Gasteiger partial charge in [-0.05, 0) is 38.0 Å². The van der Waals surface area contributed by atoms with Crippen molar-refractivity contribution in [3.8, 4) is 0 Å². The zero-order chi connectivity index (χ0) is 18.1. The summed E-state index contributed by atoms with van der Waals surface area (Å²) in [6, 6.07) is 6.04. The topological polar surface area (TPSA) is 93.4 Å². The van der Waals surface area contributed by atoms with Gasteiger partial charge in [0.1, 0.15) is 4.88 Å². The van der Waals surface area contributed by atoms with Gasteiger partial charge in [0.2, 0.25) is 10.0 Å². The Balaban J connectivity index is 2.23. The van der Waals surface area contributed by atoms with E-state index >= 15 is 0 Å². The van der Waals surface area contributed by atoms with E-state index in [0.29, 0.717) is 4.88 Å². The molecule has 130 valence electrons. The standard InChI is InChI=1S/C16H21N3O3S2/c1-5-14-18-10(2)15(23-14)16(20)19(4)11(3)12-6-8-13(9-7-12)24(17,21)22/h6-9,11H,5H2,1-4H3,(H2,17,21,22)/t11-/m1/s1. The van der Waals surface area contributed by atoms with Crippen LogP contribution in [-0.4, -0.2) is 31.3 Å². The molecule has 0 bridgehead atoms. The number of hydrogen-bond acceptors (Lipinski definition) is 5. The van der Waals surface area contributed by atoms with Crippen LogP contribution in [0.4, 0.5) is 0 Å². The van der Waals surface area contributed by atoms with Gasteiger partial charge in [0.05, 0.1) is 21.6 Å². The lowest BCUT2D eigenvalue weighted by atomic mass is 10.1. The van der Waals surface area contributed by atoms with E-state index in [1.54, 1.807) is 24.1 Å². The molecule has 0 unspecified atom stereocenters. The number of aryl methyl sites for hydroxylation is 2. The third kappa shape index (κ3) is 3.82. The fourth-order valence-electron chi connectivity index (χ4n) is 2.30. The molecule has 2 rings (SSSR count). The Morgan fingerprint density at radius 1 is 1.33 bits per heavy atom. The second kappa shape index (κ2) is 7.00. The lowest BCUT2D eigenvalue weighted by molar-refractivity contribution is 0.0746.